The fourth-order valence-electron chi connectivity index (χ4n) is 2.48. The number of hydrogen-bond donors (Lipinski definition) is 1. The molecule has 0 unspecified atom stereocenters. The van der Waals surface area contributed by atoms with Crippen molar-refractivity contribution in [2.24, 2.45) is 0 Å². The van der Waals surface area contributed by atoms with Crippen LogP contribution in [0.1, 0.15) is 19.9 Å². The Morgan fingerprint density at radius 3 is 2.67 bits per heavy atom. The summed E-state index contributed by atoms with van der Waals surface area (Å²) in [5.74, 6) is 0.438. The third kappa shape index (κ3) is 2.31. The highest BCUT2D eigenvalue weighted by atomic mass is 79.9. The van der Waals surface area contributed by atoms with Crippen LogP contribution in [0.25, 0.3) is 22.4 Å². The van der Waals surface area contributed by atoms with Gasteiger partial charge in [-0.1, -0.05) is 6.07 Å². The molecule has 108 valence electrons. The molecule has 0 saturated heterocycles. The fourth-order valence-corrected chi connectivity index (χ4v) is 2.85. The predicted molar refractivity (Wildman–Crippen MR) is 87.6 cm³/mol. The molecule has 0 aliphatic rings. The van der Waals surface area contributed by atoms with Crippen LogP contribution in [-0.2, 0) is 0 Å². The smallest absolute Gasteiger partial charge is 0.151 e. The Labute approximate surface area is 130 Å². The predicted octanol–water partition coefficient (Wildman–Crippen LogP) is 4.77. The molecule has 0 amide bonds. The first kappa shape index (κ1) is 14.1. The van der Waals surface area contributed by atoms with Gasteiger partial charge in [0.1, 0.15) is 11.3 Å². The van der Waals surface area contributed by atoms with Gasteiger partial charge in [0.05, 0.1) is 5.52 Å². The Bertz CT molecular complexity index is 824. The van der Waals surface area contributed by atoms with Crippen molar-refractivity contribution in [2.75, 3.05) is 5.73 Å². The summed E-state index contributed by atoms with van der Waals surface area (Å²) >= 11 is 3.43. The normalized spacial score (nSPS) is 11.5. The SMILES string of the molecule is CC(C)n1c(-c2ccc(N)c(Br)c2)nc2c(F)cccc21. The molecule has 0 aliphatic carbocycles. The number of para-hydroxylation sites is 1. The molecule has 1 aromatic heterocycles. The molecule has 3 rings (SSSR count). The highest BCUT2D eigenvalue weighted by Crippen LogP contribution is 2.32. The third-order valence-electron chi connectivity index (χ3n) is 3.45. The maximum Gasteiger partial charge on any atom is 0.151 e. The van der Waals surface area contributed by atoms with E-state index in [1.807, 2.05) is 28.8 Å². The molecule has 5 heteroatoms. The average molecular weight is 348 g/mol. The summed E-state index contributed by atoms with van der Waals surface area (Å²) in [5, 5.41) is 0. The van der Waals surface area contributed by atoms with Gasteiger partial charge in [-0.15, -0.1) is 0 Å². The van der Waals surface area contributed by atoms with Crippen LogP contribution in [0.2, 0.25) is 0 Å². The van der Waals surface area contributed by atoms with Crippen molar-refractivity contribution in [3.8, 4) is 11.4 Å². The number of aromatic nitrogens is 2. The summed E-state index contributed by atoms with van der Waals surface area (Å²) in [5.41, 5.74) is 8.59. The van der Waals surface area contributed by atoms with Gasteiger partial charge in [-0.25, -0.2) is 9.37 Å². The monoisotopic (exact) mass is 347 g/mol. The van der Waals surface area contributed by atoms with Gasteiger partial charge in [-0.05, 0) is 60.1 Å². The van der Waals surface area contributed by atoms with Gasteiger partial charge in [-0.2, -0.15) is 0 Å². The Morgan fingerprint density at radius 2 is 2.00 bits per heavy atom. The van der Waals surface area contributed by atoms with E-state index in [-0.39, 0.29) is 11.9 Å². The highest BCUT2D eigenvalue weighted by molar-refractivity contribution is 9.10. The van der Waals surface area contributed by atoms with Crippen molar-refractivity contribution < 1.29 is 4.39 Å². The van der Waals surface area contributed by atoms with Crippen LogP contribution in [0.4, 0.5) is 10.1 Å². The zero-order chi connectivity index (χ0) is 15.1. The maximum absolute atomic E-state index is 14.0. The number of nitrogens with zero attached hydrogens (tertiary/aromatic N) is 2. The van der Waals surface area contributed by atoms with Gasteiger partial charge >= 0.3 is 0 Å². The van der Waals surface area contributed by atoms with Crippen LogP contribution in [0.3, 0.4) is 0 Å². The standard InChI is InChI=1S/C16H15BrFN3/c1-9(2)21-14-5-3-4-12(18)15(14)20-16(21)10-6-7-13(19)11(17)8-10/h3-9H,19H2,1-2H3. The molecule has 0 atom stereocenters. The van der Waals surface area contributed by atoms with Crippen LogP contribution in [0.15, 0.2) is 40.9 Å². The van der Waals surface area contributed by atoms with Crippen molar-refractivity contribution >= 4 is 32.7 Å². The number of fused-ring (bicyclic) bond motifs is 1. The number of imidazole rings is 1. The lowest BCUT2D eigenvalue weighted by Crippen LogP contribution is -2.03. The zero-order valence-electron chi connectivity index (χ0n) is 11.8. The quantitative estimate of drug-likeness (QED) is 0.678. The van der Waals surface area contributed by atoms with E-state index in [9.17, 15) is 4.39 Å². The molecule has 0 spiro atoms. The van der Waals surface area contributed by atoms with Crippen molar-refractivity contribution in [1.29, 1.82) is 0 Å². The second-order valence-corrected chi connectivity index (χ2v) is 6.10. The molecule has 0 fully saturated rings. The lowest BCUT2D eigenvalue weighted by atomic mass is 10.2. The Balaban J connectivity index is 2.33. The van der Waals surface area contributed by atoms with Gasteiger partial charge in [0, 0.05) is 21.8 Å². The molecule has 1 heterocycles. The summed E-state index contributed by atoms with van der Waals surface area (Å²) in [6.07, 6.45) is 0. The van der Waals surface area contributed by atoms with Crippen LogP contribution in [-0.4, -0.2) is 9.55 Å². The van der Waals surface area contributed by atoms with Crippen molar-refractivity contribution in [3.63, 3.8) is 0 Å². The minimum Gasteiger partial charge on any atom is -0.398 e. The van der Waals surface area contributed by atoms with Crippen LogP contribution >= 0.6 is 15.9 Å². The highest BCUT2D eigenvalue weighted by Gasteiger charge is 2.17. The van der Waals surface area contributed by atoms with Crippen LogP contribution in [0, 0.1) is 5.82 Å². The largest absolute Gasteiger partial charge is 0.398 e. The number of benzene rings is 2. The Morgan fingerprint density at radius 1 is 1.24 bits per heavy atom. The van der Waals surface area contributed by atoms with E-state index < -0.39 is 0 Å². The van der Waals surface area contributed by atoms with E-state index in [1.54, 1.807) is 6.07 Å². The number of nitrogens with two attached hydrogens (primary N) is 1. The van der Waals surface area contributed by atoms with Gasteiger partial charge in [0.25, 0.3) is 0 Å². The number of nitrogen functional groups attached to an aromatic ring is 1. The molecule has 2 N–H and O–H groups in total. The average Bonchev–Trinajstić information content (AvgIpc) is 2.83. The van der Waals surface area contributed by atoms with E-state index in [2.05, 4.69) is 34.8 Å². The molecule has 0 aliphatic heterocycles. The number of anilines is 1. The molecular formula is C16H15BrFN3. The lowest BCUT2D eigenvalue weighted by Gasteiger charge is -2.13. The van der Waals surface area contributed by atoms with Crippen molar-refractivity contribution in [1.82, 2.24) is 9.55 Å². The molecule has 0 saturated carbocycles. The number of rotatable bonds is 2. The van der Waals surface area contributed by atoms with Crippen molar-refractivity contribution in [2.45, 2.75) is 19.9 Å². The minimum atomic E-state index is -0.303. The van der Waals surface area contributed by atoms with Gasteiger partial charge in [0.2, 0.25) is 0 Å². The first-order chi connectivity index (χ1) is 9.99. The summed E-state index contributed by atoms with van der Waals surface area (Å²) in [4.78, 5) is 4.50. The van der Waals surface area contributed by atoms with E-state index >= 15 is 0 Å². The number of halogens is 2. The molecule has 0 bridgehead atoms. The molecule has 0 radical (unpaired) electrons. The van der Waals surface area contributed by atoms with E-state index in [4.69, 9.17) is 5.73 Å². The van der Waals surface area contributed by atoms with Gasteiger partial charge in [-0.3, -0.25) is 0 Å². The molecule has 2 aromatic carbocycles. The van der Waals surface area contributed by atoms with Gasteiger partial charge in [0.15, 0.2) is 5.82 Å². The number of hydrogen-bond acceptors (Lipinski definition) is 2. The topological polar surface area (TPSA) is 43.8 Å². The summed E-state index contributed by atoms with van der Waals surface area (Å²) in [6.45, 7) is 4.11. The third-order valence-corrected chi connectivity index (χ3v) is 4.13. The Hall–Kier alpha value is -1.88. The summed E-state index contributed by atoms with van der Waals surface area (Å²) < 4.78 is 16.8. The summed E-state index contributed by atoms with van der Waals surface area (Å²) in [6, 6.07) is 10.8. The van der Waals surface area contributed by atoms with E-state index in [0.29, 0.717) is 11.2 Å². The van der Waals surface area contributed by atoms with E-state index in [0.717, 1.165) is 21.4 Å². The molecular weight excluding hydrogens is 333 g/mol. The molecule has 3 aromatic rings. The zero-order valence-corrected chi connectivity index (χ0v) is 13.4. The Kier molecular flexibility index (Phi) is 3.45. The summed E-state index contributed by atoms with van der Waals surface area (Å²) in [7, 11) is 0. The minimum absolute atomic E-state index is 0.170. The first-order valence-corrected chi connectivity index (χ1v) is 7.50. The van der Waals surface area contributed by atoms with Gasteiger partial charge < -0.3 is 10.3 Å². The first-order valence-electron chi connectivity index (χ1n) is 6.71. The molecule has 21 heavy (non-hydrogen) atoms. The second kappa shape index (κ2) is 5.15. The van der Waals surface area contributed by atoms with E-state index in [1.165, 1.54) is 6.07 Å². The van der Waals surface area contributed by atoms with Crippen molar-refractivity contribution in [3.05, 3.63) is 46.7 Å². The second-order valence-electron chi connectivity index (χ2n) is 5.24. The maximum atomic E-state index is 14.0. The van der Waals surface area contributed by atoms with Crippen LogP contribution < -0.4 is 5.73 Å². The lowest BCUT2D eigenvalue weighted by molar-refractivity contribution is 0.623. The van der Waals surface area contributed by atoms with Crippen LogP contribution in [0.5, 0.6) is 0 Å². The molecule has 3 nitrogen and oxygen atoms in total. The fraction of sp³-hybridized carbons (Fsp3) is 0.188.